The lowest BCUT2D eigenvalue weighted by Crippen LogP contribution is -2.34. The topological polar surface area (TPSA) is 134 Å². The summed E-state index contributed by atoms with van der Waals surface area (Å²) in [6.07, 6.45) is 1.41. The van der Waals surface area contributed by atoms with Crippen molar-refractivity contribution in [2.75, 3.05) is 33.2 Å². The lowest BCUT2D eigenvalue weighted by Gasteiger charge is -2.12. The van der Waals surface area contributed by atoms with Gasteiger partial charge in [-0.05, 0) is 55.8 Å². The molecule has 2 aromatic rings. The number of ether oxygens (including phenoxy) is 5. The third-order valence-electron chi connectivity index (χ3n) is 4.37. The molecule has 0 aliphatic carbocycles. The molecule has 0 aromatic heterocycles. The molecule has 1 aliphatic heterocycles. The van der Waals surface area contributed by atoms with Gasteiger partial charge in [0.15, 0.2) is 29.6 Å². The Kier molecular flexibility index (Phi) is 8.67. The summed E-state index contributed by atoms with van der Waals surface area (Å²) in [6.45, 7) is 3.78. The molecule has 3 rings (SSSR count). The van der Waals surface area contributed by atoms with Gasteiger partial charge in [0.25, 0.3) is 11.8 Å². The fraction of sp³-hybridized carbons (Fsp3) is 0.304. The molecule has 0 saturated heterocycles. The number of carbonyl (C=O) groups is 3. The molecule has 0 radical (unpaired) electrons. The Bertz CT molecular complexity index is 1070. The van der Waals surface area contributed by atoms with Crippen LogP contribution in [0, 0.1) is 0 Å². The summed E-state index contributed by atoms with van der Waals surface area (Å²) >= 11 is 0. The maximum atomic E-state index is 12.2. The van der Waals surface area contributed by atoms with Crippen LogP contribution in [0.25, 0.3) is 0 Å². The highest BCUT2D eigenvalue weighted by atomic mass is 16.7. The van der Waals surface area contributed by atoms with Crippen LogP contribution in [0.5, 0.6) is 23.0 Å². The third-order valence-corrected chi connectivity index (χ3v) is 4.37. The highest BCUT2D eigenvalue weighted by molar-refractivity contribution is 5.97. The molecule has 2 N–H and O–H groups in total. The van der Waals surface area contributed by atoms with E-state index < -0.39 is 17.8 Å². The molecule has 0 bridgehead atoms. The number of hydrazone groups is 1. The largest absolute Gasteiger partial charge is 0.490 e. The molecule has 11 heteroatoms. The van der Waals surface area contributed by atoms with Crippen molar-refractivity contribution in [3.05, 3.63) is 47.5 Å². The zero-order valence-electron chi connectivity index (χ0n) is 18.8. The van der Waals surface area contributed by atoms with E-state index in [9.17, 15) is 14.4 Å². The first-order chi connectivity index (χ1) is 16.5. The Balaban J connectivity index is 1.49. The summed E-state index contributed by atoms with van der Waals surface area (Å²) in [5.74, 6) is 0.409. The summed E-state index contributed by atoms with van der Waals surface area (Å²) in [5, 5.41) is 6.39. The number of benzene rings is 2. The summed E-state index contributed by atoms with van der Waals surface area (Å²) in [4.78, 5) is 35.7. The number of fused-ring (bicyclic) bond motifs is 1. The number of hydrogen-bond donors (Lipinski definition) is 2. The normalized spacial score (nSPS) is 11.7. The Morgan fingerprint density at radius 3 is 2.62 bits per heavy atom. The lowest BCUT2D eigenvalue weighted by atomic mass is 10.2. The van der Waals surface area contributed by atoms with E-state index in [0.717, 1.165) is 0 Å². The maximum Gasteiger partial charge on any atom is 0.344 e. The van der Waals surface area contributed by atoms with Gasteiger partial charge in [-0.2, -0.15) is 5.10 Å². The number of rotatable bonds is 11. The summed E-state index contributed by atoms with van der Waals surface area (Å²) in [6, 6.07) is 9.71. The second kappa shape index (κ2) is 12.1. The molecular weight excluding hydrogens is 446 g/mol. The first-order valence-electron chi connectivity index (χ1n) is 10.5. The van der Waals surface area contributed by atoms with Gasteiger partial charge in [0, 0.05) is 5.56 Å². The number of nitrogens with zero attached hydrogens (tertiary/aromatic N) is 1. The third kappa shape index (κ3) is 6.86. The Hall–Kier alpha value is -4.28. The standard InChI is InChI=1S/C23H25N3O8/c1-3-30-19-9-15(5-7-17(19)32-13-22(28)31-4-2)11-25-26-21(27)12-24-23(29)16-6-8-18-20(10-16)34-14-33-18/h5-11H,3-4,12-14H2,1-2H3,(H,24,29)(H,26,27)/b25-11+. The zero-order valence-corrected chi connectivity index (χ0v) is 18.8. The van der Waals surface area contributed by atoms with Crippen molar-refractivity contribution in [3.8, 4) is 23.0 Å². The molecule has 0 unspecified atom stereocenters. The number of carbonyl (C=O) groups excluding carboxylic acids is 3. The number of esters is 1. The van der Waals surface area contributed by atoms with Crippen LogP contribution in [-0.4, -0.2) is 57.2 Å². The van der Waals surface area contributed by atoms with Crippen LogP contribution in [0.2, 0.25) is 0 Å². The van der Waals surface area contributed by atoms with Gasteiger partial charge in [0.1, 0.15) is 0 Å². The predicted octanol–water partition coefficient (Wildman–Crippen LogP) is 1.64. The molecule has 0 saturated carbocycles. The van der Waals surface area contributed by atoms with Crippen molar-refractivity contribution in [3.63, 3.8) is 0 Å². The highest BCUT2D eigenvalue weighted by Crippen LogP contribution is 2.32. The molecule has 0 atom stereocenters. The fourth-order valence-electron chi connectivity index (χ4n) is 2.85. The lowest BCUT2D eigenvalue weighted by molar-refractivity contribution is -0.145. The van der Waals surface area contributed by atoms with Gasteiger partial charge in [-0.15, -0.1) is 0 Å². The van der Waals surface area contributed by atoms with E-state index in [4.69, 9.17) is 23.7 Å². The van der Waals surface area contributed by atoms with Crippen LogP contribution in [0.3, 0.4) is 0 Å². The first-order valence-corrected chi connectivity index (χ1v) is 10.5. The van der Waals surface area contributed by atoms with Crippen LogP contribution in [0.15, 0.2) is 41.5 Å². The molecule has 180 valence electrons. The van der Waals surface area contributed by atoms with E-state index in [-0.39, 0.29) is 26.6 Å². The van der Waals surface area contributed by atoms with Crippen LogP contribution in [0.1, 0.15) is 29.8 Å². The van der Waals surface area contributed by atoms with Crippen molar-refractivity contribution >= 4 is 24.0 Å². The second-order valence-electron chi connectivity index (χ2n) is 6.78. The van der Waals surface area contributed by atoms with E-state index in [1.807, 2.05) is 6.92 Å². The quantitative estimate of drug-likeness (QED) is 0.287. The minimum atomic E-state index is -0.509. The summed E-state index contributed by atoms with van der Waals surface area (Å²) < 4.78 is 26.3. The zero-order chi connectivity index (χ0) is 24.3. The Morgan fingerprint density at radius 2 is 1.82 bits per heavy atom. The highest BCUT2D eigenvalue weighted by Gasteiger charge is 2.16. The Labute approximate surface area is 196 Å². The van der Waals surface area contributed by atoms with Crippen molar-refractivity contribution in [1.29, 1.82) is 0 Å². The number of hydrogen-bond acceptors (Lipinski definition) is 9. The number of amides is 2. The molecule has 1 aliphatic rings. The van der Waals surface area contributed by atoms with Crippen LogP contribution < -0.4 is 29.7 Å². The van der Waals surface area contributed by atoms with Crippen molar-refractivity contribution in [2.45, 2.75) is 13.8 Å². The van der Waals surface area contributed by atoms with E-state index in [2.05, 4.69) is 15.8 Å². The average Bonchev–Trinajstić information content (AvgIpc) is 3.30. The van der Waals surface area contributed by atoms with E-state index in [0.29, 0.717) is 40.7 Å². The van der Waals surface area contributed by atoms with Crippen molar-refractivity contribution in [2.24, 2.45) is 5.10 Å². The number of nitrogens with one attached hydrogen (secondary N) is 2. The minimum Gasteiger partial charge on any atom is -0.490 e. The molecule has 0 fully saturated rings. The summed E-state index contributed by atoms with van der Waals surface area (Å²) in [7, 11) is 0. The van der Waals surface area contributed by atoms with Crippen LogP contribution in [-0.2, 0) is 14.3 Å². The molecule has 0 spiro atoms. The van der Waals surface area contributed by atoms with Gasteiger partial charge in [-0.1, -0.05) is 0 Å². The molecule has 11 nitrogen and oxygen atoms in total. The van der Waals surface area contributed by atoms with Gasteiger partial charge in [0.2, 0.25) is 6.79 Å². The molecule has 34 heavy (non-hydrogen) atoms. The summed E-state index contributed by atoms with van der Waals surface area (Å²) in [5.41, 5.74) is 3.30. The Morgan fingerprint density at radius 1 is 1.00 bits per heavy atom. The van der Waals surface area contributed by atoms with Crippen LogP contribution >= 0.6 is 0 Å². The second-order valence-corrected chi connectivity index (χ2v) is 6.78. The van der Waals surface area contributed by atoms with E-state index in [1.165, 1.54) is 6.21 Å². The minimum absolute atomic E-state index is 0.107. The molecular formula is C23H25N3O8. The van der Waals surface area contributed by atoms with Gasteiger partial charge in [0.05, 0.1) is 26.0 Å². The molecule has 2 amide bonds. The average molecular weight is 471 g/mol. The van der Waals surface area contributed by atoms with Crippen LogP contribution in [0.4, 0.5) is 0 Å². The fourth-order valence-corrected chi connectivity index (χ4v) is 2.85. The van der Waals surface area contributed by atoms with E-state index in [1.54, 1.807) is 43.3 Å². The first kappa shape index (κ1) is 24.4. The maximum absolute atomic E-state index is 12.2. The van der Waals surface area contributed by atoms with Gasteiger partial charge >= 0.3 is 5.97 Å². The monoisotopic (exact) mass is 471 g/mol. The molecule has 1 heterocycles. The predicted molar refractivity (Wildman–Crippen MR) is 120 cm³/mol. The van der Waals surface area contributed by atoms with E-state index >= 15 is 0 Å². The van der Waals surface area contributed by atoms with Crippen molar-refractivity contribution < 1.29 is 38.1 Å². The van der Waals surface area contributed by atoms with Gasteiger partial charge < -0.3 is 29.0 Å². The molecule has 2 aromatic carbocycles. The van der Waals surface area contributed by atoms with Gasteiger partial charge in [-0.3, -0.25) is 9.59 Å². The van der Waals surface area contributed by atoms with Crippen molar-refractivity contribution in [1.82, 2.24) is 10.7 Å². The SMILES string of the molecule is CCOC(=O)COc1ccc(/C=N/NC(=O)CNC(=O)c2ccc3c(c2)OCO3)cc1OCC. The van der Waals surface area contributed by atoms with Gasteiger partial charge in [-0.25, -0.2) is 10.2 Å². The smallest absolute Gasteiger partial charge is 0.344 e.